The van der Waals surface area contributed by atoms with Crippen LogP contribution in [0.3, 0.4) is 0 Å². The number of anilines is 2. The van der Waals surface area contributed by atoms with Crippen LogP contribution in [0.25, 0.3) is 21.1 Å². The second-order valence-corrected chi connectivity index (χ2v) is 6.34. The molecule has 0 aliphatic heterocycles. The average Bonchev–Trinajstić information content (AvgIpc) is 2.95. The van der Waals surface area contributed by atoms with Gasteiger partial charge >= 0.3 is 0 Å². The van der Waals surface area contributed by atoms with Gasteiger partial charge in [-0.3, -0.25) is 4.79 Å². The number of aromatic nitrogens is 3. The van der Waals surface area contributed by atoms with Gasteiger partial charge in [0.05, 0.1) is 5.39 Å². The molecule has 0 aliphatic rings. The fourth-order valence-corrected chi connectivity index (χ4v) is 3.55. The van der Waals surface area contributed by atoms with Gasteiger partial charge in [0, 0.05) is 43.1 Å². The number of rotatable bonds is 2. The molecule has 4 rings (SSSR count). The second-order valence-electron chi connectivity index (χ2n) is 5.39. The van der Waals surface area contributed by atoms with Gasteiger partial charge in [-0.25, -0.2) is 4.98 Å². The third kappa shape index (κ3) is 2.27. The summed E-state index contributed by atoms with van der Waals surface area (Å²) in [7, 11) is 3.94. The standard InChI is InChI=1S/C17H14N4OS/c1-20-9-7-11-10-12(5-6-14(11)20)21(2)17-19-15(22)13-4-3-8-18-16(13)23-17/h3-10H,1-2H3. The highest BCUT2D eigenvalue weighted by atomic mass is 32.1. The fourth-order valence-electron chi connectivity index (χ4n) is 2.62. The van der Waals surface area contributed by atoms with E-state index in [-0.39, 0.29) is 5.56 Å². The van der Waals surface area contributed by atoms with Crippen LogP contribution in [0.15, 0.2) is 53.6 Å². The lowest BCUT2D eigenvalue weighted by Gasteiger charge is -2.17. The van der Waals surface area contributed by atoms with Gasteiger partial charge in [-0.05, 0) is 36.4 Å². The molecule has 0 saturated carbocycles. The van der Waals surface area contributed by atoms with Crippen LogP contribution >= 0.6 is 11.3 Å². The Morgan fingerprint density at radius 3 is 2.96 bits per heavy atom. The van der Waals surface area contributed by atoms with E-state index in [9.17, 15) is 4.79 Å². The number of pyridine rings is 1. The molecule has 4 aromatic rings. The predicted molar refractivity (Wildman–Crippen MR) is 94.7 cm³/mol. The molecule has 0 N–H and O–H groups in total. The molecule has 1 aromatic carbocycles. The van der Waals surface area contributed by atoms with Gasteiger partial charge in [0.2, 0.25) is 0 Å². The van der Waals surface area contributed by atoms with Crippen molar-refractivity contribution in [3.05, 3.63) is 59.1 Å². The maximum absolute atomic E-state index is 12.2. The Hall–Kier alpha value is -2.73. The molecule has 0 fully saturated rings. The number of hydrogen-bond donors (Lipinski definition) is 0. The zero-order valence-electron chi connectivity index (χ0n) is 12.7. The van der Waals surface area contributed by atoms with E-state index in [1.807, 2.05) is 31.3 Å². The maximum Gasteiger partial charge on any atom is 0.282 e. The van der Waals surface area contributed by atoms with Crippen molar-refractivity contribution in [2.24, 2.45) is 7.05 Å². The molecule has 0 radical (unpaired) electrons. The summed E-state index contributed by atoms with van der Waals surface area (Å²) in [4.78, 5) is 23.3. The molecule has 3 heterocycles. The van der Waals surface area contributed by atoms with E-state index in [1.54, 1.807) is 18.3 Å². The smallest absolute Gasteiger partial charge is 0.282 e. The Labute approximate surface area is 136 Å². The predicted octanol–water partition coefficient (Wildman–Crippen LogP) is 3.31. The molecule has 114 valence electrons. The number of fused-ring (bicyclic) bond motifs is 2. The first kappa shape index (κ1) is 13.9. The molecule has 5 nitrogen and oxygen atoms in total. The van der Waals surface area contributed by atoms with Gasteiger partial charge in [0.1, 0.15) is 4.83 Å². The Morgan fingerprint density at radius 1 is 1.22 bits per heavy atom. The number of aryl methyl sites for hydroxylation is 1. The third-order valence-electron chi connectivity index (χ3n) is 3.93. The Bertz CT molecular complexity index is 1080. The normalized spacial score (nSPS) is 11.2. The van der Waals surface area contributed by atoms with Crippen LogP contribution in [0, 0.1) is 0 Å². The Balaban J connectivity index is 1.83. The van der Waals surface area contributed by atoms with Crippen molar-refractivity contribution in [3.8, 4) is 0 Å². The monoisotopic (exact) mass is 322 g/mol. The minimum atomic E-state index is -0.241. The van der Waals surface area contributed by atoms with E-state index < -0.39 is 0 Å². The van der Waals surface area contributed by atoms with Gasteiger partial charge in [-0.15, -0.1) is 0 Å². The molecular weight excluding hydrogens is 308 g/mol. The molecule has 0 aliphatic carbocycles. The molecule has 6 heteroatoms. The Morgan fingerprint density at radius 2 is 2.09 bits per heavy atom. The molecule has 0 bridgehead atoms. The van der Waals surface area contributed by atoms with Crippen molar-refractivity contribution in [1.29, 1.82) is 0 Å². The SMILES string of the molecule is CN(c1ccc2c(ccn2C)c1)c1nc(=O)c2cccnc2s1. The van der Waals surface area contributed by atoms with E-state index in [0.29, 0.717) is 15.3 Å². The fraction of sp³-hybridized carbons (Fsp3) is 0.118. The zero-order chi connectivity index (χ0) is 16.0. The quantitative estimate of drug-likeness (QED) is 0.568. The van der Waals surface area contributed by atoms with Gasteiger partial charge in [0.25, 0.3) is 5.56 Å². The third-order valence-corrected chi connectivity index (χ3v) is 5.00. The number of hydrogen-bond acceptors (Lipinski definition) is 5. The van der Waals surface area contributed by atoms with Gasteiger partial charge in [0.15, 0.2) is 5.13 Å². The van der Waals surface area contributed by atoms with Crippen molar-refractivity contribution in [2.75, 3.05) is 11.9 Å². The van der Waals surface area contributed by atoms with E-state index in [1.165, 1.54) is 16.9 Å². The summed E-state index contributed by atoms with van der Waals surface area (Å²) in [5.74, 6) is 0. The average molecular weight is 322 g/mol. The highest BCUT2D eigenvalue weighted by Gasteiger charge is 2.11. The molecule has 0 amide bonds. The second kappa shape index (κ2) is 5.17. The van der Waals surface area contributed by atoms with Crippen molar-refractivity contribution in [2.45, 2.75) is 0 Å². The van der Waals surface area contributed by atoms with E-state index >= 15 is 0 Å². The lowest BCUT2D eigenvalue weighted by atomic mass is 10.2. The molecule has 23 heavy (non-hydrogen) atoms. The maximum atomic E-state index is 12.2. The van der Waals surface area contributed by atoms with Crippen LogP contribution in [-0.4, -0.2) is 21.6 Å². The lowest BCUT2D eigenvalue weighted by Crippen LogP contribution is -2.15. The number of nitrogens with zero attached hydrogens (tertiary/aromatic N) is 4. The van der Waals surface area contributed by atoms with Crippen LogP contribution < -0.4 is 10.5 Å². The molecule has 0 unspecified atom stereocenters. The summed E-state index contributed by atoms with van der Waals surface area (Å²) in [5, 5.41) is 2.35. The summed E-state index contributed by atoms with van der Waals surface area (Å²) in [5.41, 5.74) is 1.92. The van der Waals surface area contributed by atoms with Crippen LogP contribution in [0.4, 0.5) is 10.8 Å². The highest BCUT2D eigenvalue weighted by molar-refractivity contribution is 7.21. The number of benzene rings is 1. The topological polar surface area (TPSA) is 51.0 Å². The van der Waals surface area contributed by atoms with Crippen molar-refractivity contribution in [3.63, 3.8) is 0 Å². The first-order valence-corrected chi connectivity index (χ1v) is 8.00. The first-order valence-electron chi connectivity index (χ1n) is 7.18. The summed E-state index contributed by atoms with van der Waals surface area (Å²) < 4.78 is 2.08. The zero-order valence-corrected chi connectivity index (χ0v) is 13.5. The summed E-state index contributed by atoms with van der Waals surface area (Å²) in [6.45, 7) is 0. The lowest BCUT2D eigenvalue weighted by molar-refractivity contribution is 0.969. The minimum Gasteiger partial charge on any atom is -0.351 e. The van der Waals surface area contributed by atoms with Crippen molar-refractivity contribution >= 4 is 43.3 Å². The van der Waals surface area contributed by atoms with Crippen LogP contribution in [0.2, 0.25) is 0 Å². The molecule has 0 atom stereocenters. The van der Waals surface area contributed by atoms with Crippen LogP contribution in [0.5, 0.6) is 0 Å². The first-order chi connectivity index (χ1) is 11.1. The van der Waals surface area contributed by atoms with E-state index in [0.717, 1.165) is 11.1 Å². The summed E-state index contributed by atoms with van der Waals surface area (Å²) in [6.07, 6.45) is 3.73. The molecular formula is C17H14N4OS. The van der Waals surface area contributed by atoms with Crippen molar-refractivity contribution < 1.29 is 0 Å². The molecule has 0 saturated heterocycles. The van der Waals surface area contributed by atoms with Crippen molar-refractivity contribution in [1.82, 2.24) is 14.5 Å². The highest BCUT2D eigenvalue weighted by Crippen LogP contribution is 2.29. The minimum absolute atomic E-state index is 0.241. The summed E-state index contributed by atoms with van der Waals surface area (Å²) in [6, 6.07) is 11.8. The molecule has 0 spiro atoms. The molecule has 3 aromatic heterocycles. The van der Waals surface area contributed by atoms with Gasteiger partial charge < -0.3 is 9.47 Å². The Kier molecular flexibility index (Phi) is 3.12. The largest absolute Gasteiger partial charge is 0.351 e. The van der Waals surface area contributed by atoms with E-state index in [4.69, 9.17) is 0 Å². The van der Waals surface area contributed by atoms with E-state index in [2.05, 4.69) is 32.7 Å². The van der Waals surface area contributed by atoms with Crippen LogP contribution in [0.1, 0.15) is 0 Å². The van der Waals surface area contributed by atoms with Crippen LogP contribution in [-0.2, 0) is 7.05 Å². The summed E-state index contributed by atoms with van der Waals surface area (Å²) >= 11 is 1.41. The van der Waals surface area contributed by atoms with Gasteiger partial charge in [-0.1, -0.05) is 11.3 Å². The van der Waals surface area contributed by atoms with Gasteiger partial charge in [-0.2, -0.15) is 4.98 Å².